The minimum atomic E-state index is 0.107. The first kappa shape index (κ1) is 20.0. The number of carbonyl (C=O) groups is 1. The van der Waals surface area contributed by atoms with Crippen molar-refractivity contribution in [1.82, 2.24) is 20.1 Å². The molecule has 0 radical (unpaired) electrons. The van der Waals surface area contributed by atoms with Crippen molar-refractivity contribution in [1.29, 1.82) is 0 Å². The minimum absolute atomic E-state index is 0.107. The van der Waals surface area contributed by atoms with Gasteiger partial charge in [-0.25, -0.2) is 4.98 Å². The number of hydrogen-bond donors (Lipinski definition) is 1. The average Bonchev–Trinajstić information content (AvgIpc) is 3.12. The van der Waals surface area contributed by atoms with Gasteiger partial charge in [-0.1, -0.05) is 42.5 Å². The third-order valence-electron chi connectivity index (χ3n) is 5.36. The number of hydrogen-bond acceptors (Lipinski definition) is 5. The zero-order valence-corrected chi connectivity index (χ0v) is 17.7. The highest BCUT2D eigenvalue weighted by molar-refractivity contribution is 7.18. The van der Waals surface area contributed by atoms with Crippen LogP contribution in [-0.2, 0) is 17.9 Å². The largest absolute Gasteiger partial charge is 0.352 e. The van der Waals surface area contributed by atoms with Crippen molar-refractivity contribution in [2.24, 2.45) is 0 Å². The fraction of sp³-hybridized carbons (Fsp3) is 0.391. The van der Waals surface area contributed by atoms with Crippen LogP contribution in [0.2, 0.25) is 0 Å². The number of para-hydroxylation sites is 1. The highest BCUT2D eigenvalue weighted by Gasteiger charge is 2.21. The molecule has 1 amide bonds. The predicted molar refractivity (Wildman–Crippen MR) is 119 cm³/mol. The maximum absolute atomic E-state index is 12.5. The molecule has 3 aromatic rings. The molecule has 2 heterocycles. The number of nitrogens with one attached hydrogen (secondary N) is 1. The summed E-state index contributed by atoms with van der Waals surface area (Å²) in [5, 5.41) is 4.27. The lowest BCUT2D eigenvalue weighted by Gasteiger charge is -2.32. The van der Waals surface area contributed by atoms with E-state index < -0.39 is 0 Å². The average molecular weight is 409 g/mol. The molecule has 0 bridgehead atoms. The van der Waals surface area contributed by atoms with E-state index in [1.807, 2.05) is 30.1 Å². The number of likely N-dealkylation sites (N-methyl/N-ethyl adjacent to an activating group) is 1. The Labute approximate surface area is 176 Å². The molecule has 0 aliphatic carbocycles. The molecule has 1 saturated heterocycles. The summed E-state index contributed by atoms with van der Waals surface area (Å²) in [6, 6.07) is 19.0. The molecule has 29 heavy (non-hydrogen) atoms. The Morgan fingerprint density at radius 2 is 1.86 bits per heavy atom. The quantitative estimate of drug-likeness (QED) is 0.650. The second-order valence-electron chi connectivity index (χ2n) is 7.85. The van der Waals surface area contributed by atoms with Crippen molar-refractivity contribution in [3.63, 3.8) is 0 Å². The number of rotatable bonds is 7. The second kappa shape index (κ2) is 9.48. The summed E-state index contributed by atoms with van der Waals surface area (Å²) < 4.78 is 1.20. The van der Waals surface area contributed by atoms with E-state index in [-0.39, 0.29) is 11.9 Å². The molecule has 2 aromatic carbocycles. The van der Waals surface area contributed by atoms with Gasteiger partial charge in [0.05, 0.1) is 23.3 Å². The lowest BCUT2D eigenvalue weighted by atomic mass is 10.0. The fourth-order valence-electron chi connectivity index (χ4n) is 3.87. The van der Waals surface area contributed by atoms with Gasteiger partial charge < -0.3 is 5.32 Å². The zero-order chi connectivity index (χ0) is 20.1. The van der Waals surface area contributed by atoms with Gasteiger partial charge in [-0.05, 0) is 37.6 Å². The van der Waals surface area contributed by atoms with Gasteiger partial charge in [-0.15, -0.1) is 11.3 Å². The van der Waals surface area contributed by atoms with Crippen LogP contribution in [0.4, 0.5) is 0 Å². The standard InChI is InChI=1S/C23H28N4OS/c1-26(17-23-25-20-9-5-6-10-21(20)29-23)16-22(28)24-19-11-13-27(14-12-19)15-18-7-3-2-4-8-18/h2-10,19H,11-17H2,1H3,(H,24,28). The lowest BCUT2D eigenvalue weighted by molar-refractivity contribution is -0.123. The Morgan fingerprint density at radius 1 is 1.14 bits per heavy atom. The molecular weight excluding hydrogens is 380 g/mol. The second-order valence-corrected chi connectivity index (χ2v) is 8.97. The maximum Gasteiger partial charge on any atom is 0.234 e. The van der Waals surface area contributed by atoms with Crippen LogP contribution in [0.25, 0.3) is 10.2 Å². The third kappa shape index (κ3) is 5.63. The number of thiazole rings is 1. The number of amides is 1. The molecule has 4 rings (SSSR count). The molecule has 0 spiro atoms. The van der Waals surface area contributed by atoms with Gasteiger partial charge in [0.25, 0.3) is 0 Å². The van der Waals surface area contributed by atoms with Crippen LogP contribution in [-0.4, -0.2) is 53.4 Å². The summed E-state index contributed by atoms with van der Waals surface area (Å²) in [5.74, 6) is 0.107. The molecule has 0 atom stereocenters. The number of piperidine rings is 1. The van der Waals surface area contributed by atoms with Gasteiger partial charge in [0, 0.05) is 25.7 Å². The highest BCUT2D eigenvalue weighted by Crippen LogP contribution is 2.22. The Morgan fingerprint density at radius 3 is 2.62 bits per heavy atom. The first-order valence-corrected chi connectivity index (χ1v) is 11.1. The Kier molecular flexibility index (Phi) is 6.54. The molecule has 0 saturated carbocycles. The fourth-order valence-corrected chi connectivity index (χ4v) is 4.92. The van der Waals surface area contributed by atoms with Gasteiger partial charge in [0.1, 0.15) is 5.01 Å². The normalized spacial score (nSPS) is 15.8. The van der Waals surface area contributed by atoms with Crippen LogP contribution in [0.3, 0.4) is 0 Å². The van der Waals surface area contributed by atoms with E-state index in [4.69, 9.17) is 0 Å². The third-order valence-corrected chi connectivity index (χ3v) is 6.38. The van der Waals surface area contributed by atoms with E-state index in [0.29, 0.717) is 13.1 Å². The molecule has 1 aliphatic heterocycles. The maximum atomic E-state index is 12.5. The molecule has 152 valence electrons. The smallest absolute Gasteiger partial charge is 0.234 e. The SMILES string of the molecule is CN(CC(=O)NC1CCN(Cc2ccccc2)CC1)Cc1nc2ccccc2s1. The Bertz CT molecular complexity index is 901. The molecule has 1 aliphatic rings. The summed E-state index contributed by atoms with van der Waals surface area (Å²) in [7, 11) is 1.98. The van der Waals surface area contributed by atoms with Gasteiger partial charge in [-0.2, -0.15) is 0 Å². The Balaban J connectivity index is 1.19. The van der Waals surface area contributed by atoms with E-state index in [1.54, 1.807) is 11.3 Å². The van der Waals surface area contributed by atoms with Crippen LogP contribution in [0.1, 0.15) is 23.4 Å². The van der Waals surface area contributed by atoms with Crippen molar-refractivity contribution in [3.05, 3.63) is 65.2 Å². The molecule has 0 unspecified atom stereocenters. The zero-order valence-electron chi connectivity index (χ0n) is 16.9. The van der Waals surface area contributed by atoms with Gasteiger partial charge >= 0.3 is 0 Å². The summed E-state index contributed by atoms with van der Waals surface area (Å²) in [6.07, 6.45) is 2.03. The van der Waals surface area contributed by atoms with Gasteiger partial charge in [0.15, 0.2) is 0 Å². The molecule has 1 aromatic heterocycles. The molecule has 5 nitrogen and oxygen atoms in total. The van der Waals surface area contributed by atoms with Crippen LogP contribution >= 0.6 is 11.3 Å². The van der Waals surface area contributed by atoms with E-state index in [9.17, 15) is 4.79 Å². The van der Waals surface area contributed by atoms with Crippen LogP contribution in [0.15, 0.2) is 54.6 Å². The van der Waals surface area contributed by atoms with Crippen molar-refractivity contribution < 1.29 is 4.79 Å². The lowest BCUT2D eigenvalue weighted by Crippen LogP contribution is -2.46. The molecule has 1 fully saturated rings. The number of benzene rings is 2. The molecular formula is C23H28N4OS. The number of likely N-dealkylation sites (tertiary alicyclic amines) is 1. The summed E-state index contributed by atoms with van der Waals surface area (Å²) >= 11 is 1.70. The summed E-state index contributed by atoms with van der Waals surface area (Å²) in [6.45, 7) is 4.15. The Hall–Kier alpha value is -2.28. The van der Waals surface area contributed by atoms with E-state index >= 15 is 0 Å². The van der Waals surface area contributed by atoms with Crippen molar-refractivity contribution in [2.75, 3.05) is 26.7 Å². The van der Waals surface area contributed by atoms with E-state index in [2.05, 4.69) is 51.6 Å². The van der Waals surface area contributed by atoms with E-state index in [1.165, 1.54) is 10.3 Å². The first-order chi connectivity index (χ1) is 14.2. The number of carbonyl (C=O) groups excluding carboxylic acids is 1. The number of nitrogens with zero attached hydrogens (tertiary/aromatic N) is 3. The van der Waals surface area contributed by atoms with Gasteiger partial charge in [-0.3, -0.25) is 14.6 Å². The van der Waals surface area contributed by atoms with Crippen LogP contribution in [0, 0.1) is 0 Å². The minimum Gasteiger partial charge on any atom is -0.352 e. The first-order valence-electron chi connectivity index (χ1n) is 10.2. The monoisotopic (exact) mass is 408 g/mol. The number of fused-ring (bicyclic) bond motifs is 1. The predicted octanol–water partition coefficient (Wildman–Crippen LogP) is 3.51. The highest BCUT2D eigenvalue weighted by atomic mass is 32.1. The topological polar surface area (TPSA) is 48.5 Å². The summed E-state index contributed by atoms with van der Waals surface area (Å²) in [4.78, 5) is 21.6. The van der Waals surface area contributed by atoms with Crippen molar-refractivity contribution in [2.45, 2.75) is 32.0 Å². The van der Waals surface area contributed by atoms with Crippen molar-refractivity contribution in [3.8, 4) is 0 Å². The van der Waals surface area contributed by atoms with E-state index in [0.717, 1.165) is 43.0 Å². The molecule has 6 heteroatoms. The number of aromatic nitrogens is 1. The van der Waals surface area contributed by atoms with Gasteiger partial charge in [0.2, 0.25) is 5.91 Å². The van der Waals surface area contributed by atoms with Crippen LogP contribution < -0.4 is 5.32 Å². The molecule has 1 N–H and O–H groups in total. The van der Waals surface area contributed by atoms with Crippen molar-refractivity contribution >= 4 is 27.5 Å². The van der Waals surface area contributed by atoms with Crippen LogP contribution in [0.5, 0.6) is 0 Å². The summed E-state index contributed by atoms with van der Waals surface area (Å²) in [5.41, 5.74) is 2.39.